The highest BCUT2D eigenvalue weighted by atomic mass is 14.9. The SMILES string of the molecule is CCCNC1CC(c2cccnc2)C1C. The maximum absolute atomic E-state index is 4.19. The lowest BCUT2D eigenvalue weighted by molar-refractivity contribution is 0.184. The predicted octanol–water partition coefficient (Wildman–Crippen LogP) is 2.57. The molecule has 1 aliphatic rings. The minimum atomic E-state index is 0.716. The summed E-state index contributed by atoms with van der Waals surface area (Å²) < 4.78 is 0. The van der Waals surface area contributed by atoms with E-state index in [-0.39, 0.29) is 0 Å². The van der Waals surface area contributed by atoms with Crippen LogP contribution >= 0.6 is 0 Å². The van der Waals surface area contributed by atoms with Gasteiger partial charge in [0.25, 0.3) is 0 Å². The van der Waals surface area contributed by atoms with Gasteiger partial charge < -0.3 is 5.32 Å². The van der Waals surface area contributed by atoms with Crippen LogP contribution in [-0.2, 0) is 0 Å². The maximum atomic E-state index is 4.19. The summed E-state index contributed by atoms with van der Waals surface area (Å²) in [6.07, 6.45) is 6.35. The van der Waals surface area contributed by atoms with E-state index in [0.717, 1.165) is 18.5 Å². The molecular weight excluding hydrogens is 184 g/mol. The van der Waals surface area contributed by atoms with Crippen LogP contribution in [0.25, 0.3) is 0 Å². The summed E-state index contributed by atoms with van der Waals surface area (Å²) in [5, 5.41) is 3.60. The first-order valence-corrected chi connectivity index (χ1v) is 5.96. The Hall–Kier alpha value is -0.890. The number of nitrogens with one attached hydrogen (secondary N) is 1. The minimum Gasteiger partial charge on any atom is -0.314 e. The Kier molecular flexibility index (Phi) is 3.37. The molecule has 1 aromatic rings. The van der Waals surface area contributed by atoms with E-state index < -0.39 is 0 Å². The van der Waals surface area contributed by atoms with Crippen molar-refractivity contribution in [1.29, 1.82) is 0 Å². The van der Waals surface area contributed by atoms with Gasteiger partial charge in [-0.25, -0.2) is 0 Å². The molecule has 2 heteroatoms. The summed E-state index contributed by atoms with van der Waals surface area (Å²) in [6, 6.07) is 4.95. The molecule has 0 spiro atoms. The Morgan fingerprint density at radius 2 is 2.40 bits per heavy atom. The molecule has 0 amide bonds. The molecular formula is C13H20N2. The topological polar surface area (TPSA) is 24.9 Å². The number of hydrogen-bond acceptors (Lipinski definition) is 2. The van der Waals surface area contributed by atoms with Gasteiger partial charge in [-0.3, -0.25) is 4.98 Å². The Bertz CT molecular complexity index is 297. The first-order chi connectivity index (χ1) is 7.33. The van der Waals surface area contributed by atoms with Crippen LogP contribution in [0.5, 0.6) is 0 Å². The number of rotatable bonds is 4. The fourth-order valence-electron chi connectivity index (χ4n) is 2.42. The van der Waals surface area contributed by atoms with Crippen LogP contribution in [0.4, 0.5) is 0 Å². The van der Waals surface area contributed by atoms with E-state index in [9.17, 15) is 0 Å². The lowest BCUT2D eigenvalue weighted by atomic mass is 9.67. The zero-order chi connectivity index (χ0) is 10.7. The third-order valence-electron chi connectivity index (χ3n) is 3.55. The van der Waals surface area contributed by atoms with Gasteiger partial charge in [0.15, 0.2) is 0 Å². The van der Waals surface area contributed by atoms with Gasteiger partial charge >= 0.3 is 0 Å². The van der Waals surface area contributed by atoms with Crippen LogP contribution in [0.15, 0.2) is 24.5 Å². The summed E-state index contributed by atoms with van der Waals surface area (Å²) in [5.74, 6) is 1.47. The summed E-state index contributed by atoms with van der Waals surface area (Å²) in [5.41, 5.74) is 1.40. The second kappa shape index (κ2) is 4.75. The van der Waals surface area contributed by atoms with Gasteiger partial charge in [0.2, 0.25) is 0 Å². The highest BCUT2D eigenvalue weighted by Crippen LogP contribution is 2.41. The molecule has 82 valence electrons. The summed E-state index contributed by atoms with van der Waals surface area (Å²) in [7, 11) is 0. The Morgan fingerprint density at radius 3 is 3.00 bits per heavy atom. The summed E-state index contributed by atoms with van der Waals surface area (Å²) in [4.78, 5) is 4.19. The Morgan fingerprint density at radius 1 is 1.53 bits per heavy atom. The Balaban J connectivity index is 1.89. The minimum absolute atomic E-state index is 0.716. The van der Waals surface area contributed by atoms with Crippen LogP contribution < -0.4 is 5.32 Å². The molecule has 2 nitrogen and oxygen atoms in total. The summed E-state index contributed by atoms with van der Waals surface area (Å²) in [6.45, 7) is 5.71. The average Bonchev–Trinajstić information content (AvgIpc) is 2.29. The van der Waals surface area contributed by atoms with Crippen molar-refractivity contribution in [2.24, 2.45) is 5.92 Å². The van der Waals surface area contributed by atoms with Gasteiger partial charge in [0, 0.05) is 18.4 Å². The number of pyridine rings is 1. The van der Waals surface area contributed by atoms with Crippen molar-refractivity contribution in [2.75, 3.05) is 6.54 Å². The smallest absolute Gasteiger partial charge is 0.0302 e. The van der Waals surface area contributed by atoms with E-state index in [4.69, 9.17) is 0 Å². The van der Waals surface area contributed by atoms with Crippen molar-refractivity contribution < 1.29 is 0 Å². The standard InChI is InChI=1S/C13H20N2/c1-3-6-15-13-8-12(10(13)2)11-5-4-7-14-9-11/h4-5,7,9-10,12-13,15H,3,6,8H2,1-2H3. The lowest BCUT2D eigenvalue weighted by Gasteiger charge is -2.43. The monoisotopic (exact) mass is 204 g/mol. The van der Waals surface area contributed by atoms with E-state index in [0.29, 0.717) is 5.92 Å². The molecule has 1 aromatic heterocycles. The van der Waals surface area contributed by atoms with E-state index in [1.54, 1.807) is 0 Å². The van der Waals surface area contributed by atoms with E-state index in [1.807, 2.05) is 18.5 Å². The van der Waals surface area contributed by atoms with E-state index in [1.165, 1.54) is 18.4 Å². The quantitative estimate of drug-likeness (QED) is 0.815. The fourth-order valence-corrected chi connectivity index (χ4v) is 2.42. The van der Waals surface area contributed by atoms with Crippen LogP contribution in [-0.4, -0.2) is 17.6 Å². The highest BCUT2D eigenvalue weighted by Gasteiger charge is 2.37. The molecule has 1 fully saturated rings. The van der Waals surface area contributed by atoms with E-state index >= 15 is 0 Å². The maximum Gasteiger partial charge on any atom is 0.0302 e. The summed E-state index contributed by atoms with van der Waals surface area (Å²) >= 11 is 0. The van der Waals surface area contributed by atoms with Crippen molar-refractivity contribution in [3.63, 3.8) is 0 Å². The Labute approximate surface area is 92.1 Å². The van der Waals surface area contributed by atoms with Gasteiger partial charge in [-0.2, -0.15) is 0 Å². The molecule has 1 N–H and O–H groups in total. The molecule has 1 aliphatic carbocycles. The second-order valence-corrected chi connectivity index (χ2v) is 4.55. The highest BCUT2D eigenvalue weighted by molar-refractivity contribution is 5.20. The van der Waals surface area contributed by atoms with Crippen molar-refractivity contribution in [3.8, 4) is 0 Å². The van der Waals surface area contributed by atoms with Gasteiger partial charge in [0.1, 0.15) is 0 Å². The molecule has 0 aliphatic heterocycles. The fraction of sp³-hybridized carbons (Fsp3) is 0.615. The molecule has 1 heterocycles. The molecule has 0 bridgehead atoms. The average molecular weight is 204 g/mol. The van der Waals surface area contributed by atoms with Crippen LogP contribution in [0, 0.1) is 5.92 Å². The molecule has 1 saturated carbocycles. The first-order valence-electron chi connectivity index (χ1n) is 5.96. The van der Waals surface area contributed by atoms with Crippen LogP contribution in [0.3, 0.4) is 0 Å². The third-order valence-corrected chi connectivity index (χ3v) is 3.55. The molecule has 0 saturated heterocycles. The van der Waals surface area contributed by atoms with Crippen molar-refractivity contribution in [2.45, 2.75) is 38.6 Å². The van der Waals surface area contributed by atoms with Gasteiger partial charge in [-0.05, 0) is 42.9 Å². The zero-order valence-corrected chi connectivity index (χ0v) is 9.61. The number of hydrogen-bond donors (Lipinski definition) is 1. The normalized spacial score (nSPS) is 29.9. The van der Waals surface area contributed by atoms with E-state index in [2.05, 4.69) is 30.2 Å². The molecule has 0 radical (unpaired) electrons. The zero-order valence-electron chi connectivity index (χ0n) is 9.61. The van der Waals surface area contributed by atoms with Gasteiger partial charge in [0.05, 0.1) is 0 Å². The molecule has 15 heavy (non-hydrogen) atoms. The van der Waals surface area contributed by atoms with Gasteiger partial charge in [-0.1, -0.05) is 19.9 Å². The predicted molar refractivity (Wildman–Crippen MR) is 62.8 cm³/mol. The first kappa shape index (κ1) is 10.6. The van der Waals surface area contributed by atoms with Gasteiger partial charge in [-0.15, -0.1) is 0 Å². The lowest BCUT2D eigenvalue weighted by Crippen LogP contribution is -2.48. The second-order valence-electron chi connectivity index (χ2n) is 4.55. The van der Waals surface area contributed by atoms with Crippen molar-refractivity contribution in [1.82, 2.24) is 10.3 Å². The third kappa shape index (κ3) is 2.20. The molecule has 3 unspecified atom stereocenters. The van der Waals surface area contributed by atoms with Crippen molar-refractivity contribution >= 4 is 0 Å². The van der Waals surface area contributed by atoms with Crippen LogP contribution in [0.1, 0.15) is 38.2 Å². The molecule has 3 atom stereocenters. The molecule has 0 aromatic carbocycles. The largest absolute Gasteiger partial charge is 0.314 e. The number of aromatic nitrogens is 1. The number of nitrogens with zero attached hydrogens (tertiary/aromatic N) is 1. The van der Waals surface area contributed by atoms with Crippen LogP contribution in [0.2, 0.25) is 0 Å². The molecule has 2 rings (SSSR count). The van der Waals surface area contributed by atoms with Crippen molar-refractivity contribution in [3.05, 3.63) is 30.1 Å².